The molecular weight excluding hydrogens is 306 g/mol. The minimum atomic E-state index is -0.566. The van der Waals surface area contributed by atoms with E-state index in [4.69, 9.17) is 14.2 Å². The normalized spacial score (nSPS) is 25.8. The third-order valence-electron chi connectivity index (χ3n) is 4.88. The second-order valence-corrected chi connectivity index (χ2v) is 6.49. The number of piperidine rings is 1. The van der Waals surface area contributed by atoms with Crippen molar-refractivity contribution < 1.29 is 19.0 Å². The summed E-state index contributed by atoms with van der Waals surface area (Å²) in [6, 6.07) is 10.1. The molecule has 0 radical (unpaired) electrons. The highest BCUT2D eigenvalue weighted by Gasteiger charge is 2.50. The lowest BCUT2D eigenvalue weighted by atomic mass is 9.85. The van der Waals surface area contributed by atoms with Crippen LogP contribution in [-0.4, -0.2) is 42.6 Å². The third-order valence-corrected chi connectivity index (χ3v) is 4.88. The Balaban J connectivity index is 1.95. The number of nitrogens with zero attached hydrogens (tertiary/aromatic N) is 1. The first-order valence-electron chi connectivity index (χ1n) is 8.97. The smallest absolute Gasteiger partial charge is 0.410 e. The summed E-state index contributed by atoms with van der Waals surface area (Å²) in [5.74, 6) is -0.566. The average molecular weight is 333 g/mol. The summed E-state index contributed by atoms with van der Waals surface area (Å²) in [4.78, 5) is 14.6. The molecule has 132 valence electrons. The van der Waals surface area contributed by atoms with E-state index in [1.807, 2.05) is 30.0 Å². The molecule has 2 fully saturated rings. The molecule has 1 aromatic rings. The molecule has 2 saturated heterocycles. The molecule has 1 aromatic carbocycles. The van der Waals surface area contributed by atoms with E-state index in [2.05, 4.69) is 19.1 Å². The van der Waals surface area contributed by atoms with Crippen molar-refractivity contribution in [2.75, 3.05) is 19.8 Å². The summed E-state index contributed by atoms with van der Waals surface area (Å²) in [6.07, 6.45) is 3.03. The van der Waals surface area contributed by atoms with Gasteiger partial charge in [-0.15, -0.1) is 0 Å². The fraction of sp³-hybridized carbons (Fsp3) is 0.632. The summed E-state index contributed by atoms with van der Waals surface area (Å²) < 4.78 is 17.4. The Morgan fingerprint density at radius 3 is 2.54 bits per heavy atom. The molecule has 2 heterocycles. The van der Waals surface area contributed by atoms with Crippen LogP contribution in [0.3, 0.4) is 0 Å². The van der Waals surface area contributed by atoms with Gasteiger partial charge in [0, 0.05) is 18.9 Å². The molecule has 5 heteroatoms. The Morgan fingerprint density at radius 2 is 1.92 bits per heavy atom. The van der Waals surface area contributed by atoms with Crippen LogP contribution in [-0.2, 0) is 14.2 Å². The summed E-state index contributed by atoms with van der Waals surface area (Å²) in [5, 5.41) is 0. The van der Waals surface area contributed by atoms with Crippen LogP contribution in [0.1, 0.15) is 51.1 Å². The van der Waals surface area contributed by atoms with Gasteiger partial charge in [0.2, 0.25) is 0 Å². The van der Waals surface area contributed by atoms with E-state index in [1.54, 1.807) is 0 Å². The number of carbonyl (C=O) groups excluding carboxylic acids is 1. The average Bonchev–Trinajstić information content (AvgIpc) is 3.03. The topological polar surface area (TPSA) is 48.0 Å². The monoisotopic (exact) mass is 333 g/mol. The van der Waals surface area contributed by atoms with Crippen LogP contribution in [0.15, 0.2) is 30.3 Å². The van der Waals surface area contributed by atoms with Crippen LogP contribution in [0, 0.1) is 0 Å². The van der Waals surface area contributed by atoms with E-state index < -0.39 is 5.79 Å². The molecule has 0 N–H and O–H groups in total. The summed E-state index contributed by atoms with van der Waals surface area (Å²) in [7, 11) is 0. The number of ether oxygens (including phenoxy) is 3. The molecule has 1 amide bonds. The summed E-state index contributed by atoms with van der Waals surface area (Å²) >= 11 is 0. The molecule has 0 unspecified atom stereocenters. The van der Waals surface area contributed by atoms with Crippen LogP contribution in [0.5, 0.6) is 0 Å². The van der Waals surface area contributed by atoms with Crippen LogP contribution >= 0.6 is 0 Å². The van der Waals surface area contributed by atoms with Crippen LogP contribution in [0.25, 0.3) is 0 Å². The fourth-order valence-electron chi connectivity index (χ4n) is 3.92. The van der Waals surface area contributed by atoms with E-state index in [1.165, 1.54) is 0 Å². The van der Waals surface area contributed by atoms with Gasteiger partial charge in [0.05, 0.1) is 25.9 Å². The van der Waals surface area contributed by atoms with E-state index in [0.717, 1.165) is 18.4 Å². The number of amides is 1. The Morgan fingerprint density at radius 1 is 1.21 bits per heavy atom. The molecule has 0 bridgehead atoms. The molecule has 2 atom stereocenters. The quantitative estimate of drug-likeness (QED) is 0.839. The highest BCUT2D eigenvalue weighted by Crippen LogP contribution is 2.45. The van der Waals surface area contributed by atoms with Crippen molar-refractivity contribution in [2.45, 2.75) is 57.4 Å². The van der Waals surface area contributed by atoms with E-state index >= 15 is 0 Å². The van der Waals surface area contributed by atoms with Crippen molar-refractivity contribution in [3.63, 3.8) is 0 Å². The molecule has 0 saturated carbocycles. The third kappa shape index (κ3) is 3.42. The Hall–Kier alpha value is -1.59. The zero-order valence-corrected chi connectivity index (χ0v) is 14.6. The first kappa shape index (κ1) is 17.2. The number of likely N-dealkylation sites (tertiary alicyclic amines) is 1. The number of hydrogen-bond donors (Lipinski definition) is 0. The van der Waals surface area contributed by atoms with Crippen LogP contribution < -0.4 is 0 Å². The van der Waals surface area contributed by atoms with Crippen LogP contribution in [0.2, 0.25) is 0 Å². The number of carbonyl (C=O) groups is 1. The molecule has 24 heavy (non-hydrogen) atoms. The lowest BCUT2D eigenvalue weighted by Gasteiger charge is -2.48. The molecule has 2 aliphatic heterocycles. The van der Waals surface area contributed by atoms with Gasteiger partial charge in [0.1, 0.15) is 0 Å². The first-order chi connectivity index (χ1) is 11.7. The Labute approximate surface area is 143 Å². The van der Waals surface area contributed by atoms with Gasteiger partial charge < -0.3 is 14.2 Å². The minimum absolute atomic E-state index is 0.0612. The highest BCUT2D eigenvalue weighted by molar-refractivity contribution is 5.69. The lowest BCUT2D eigenvalue weighted by molar-refractivity contribution is -0.206. The molecule has 3 rings (SSSR count). The second kappa shape index (κ2) is 7.53. The van der Waals surface area contributed by atoms with E-state index in [0.29, 0.717) is 32.7 Å². The summed E-state index contributed by atoms with van der Waals surface area (Å²) in [6.45, 7) is 5.62. The predicted octanol–water partition coefficient (Wildman–Crippen LogP) is 3.89. The summed E-state index contributed by atoms with van der Waals surface area (Å²) in [5.41, 5.74) is 1.10. The zero-order chi connectivity index (χ0) is 17.0. The maximum Gasteiger partial charge on any atom is 0.410 e. The van der Waals surface area contributed by atoms with Crippen molar-refractivity contribution in [1.29, 1.82) is 0 Å². The lowest BCUT2D eigenvalue weighted by Crippen LogP contribution is -2.54. The first-order valence-corrected chi connectivity index (χ1v) is 8.97. The van der Waals surface area contributed by atoms with Crippen LogP contribution in [0.4, 0.5) is 4.79 Å². The second-order valence-electron chi connectivity index (χ2n) is 6.49. The van der Waals surface area contributed by atoms with Crippen molar-refractivity contribution in [2.24, 2.45) is 0 Å². The van der Waals surface area contributed by atoms with Gasteiger partial charge in [-0.2, -0.15) is 0 Å². The Kier molecular flexibility index (Phi) is 5.41. The highest BCUT2D eigenvalue weighted by atomic mass is 16.7. The molecule has 2 aliphatic rings. The van der Waals surface area contributed by atoms with Crippen molar-refractivity contribution in [3.8, 4) is 0 Å². The van der Waals surface area contributed by atoms with Gasteiger partial charge >= 0.3 is 6.09 Å². The van der Waals surface area contributed by atoms with Gasteiger partial charge in [0.15, 0.2) is 5.79 Å². The van der Waals surface area contributed by atoms with Crippen molar-refractivity contribution in [1.82, 2.24) is 4.90 Å². The number of benzene rings is 1. The number of hydrogen-bond acceptors (Lipinski definition) is 4. The molecule has 0 aromatic heterocycles. The molecule has 5 nitrogen and oxygen atoms in total. The molecule has 0 aliphatic carbocycles. The SMILES string of the molecule is CCC[C@H]1CC2(C[C@H](c3ccccc3)N1C(=O)OCC)OCCO2. The maximum atomic E-state index is 12.7. The fourth-order valence-corrected chi connectivity index (χ4v) is 3.92. The number of rotatable bonds is 4. The predicted molar refractivity (Wildman–Crippen MR) is 90.6 cm³/mol. The standard InChI is InChI=1S/C19H27NO4/c1-3-8-16-13-19(23-11-12-24-19)14-17(15-9-6-5-7-10-15)20(16)18(21)22-4-2/h5-7,9-10,16-17H,3-4,8,11-14H2,1-2H3/t16-,17+/m0/s1. The van der Waals surface area contributed by atoms with Crippen molar-refractivity contribution >= 4 is 6.09 Å². The van der Waals surface area contributed by atoms with Gasteiger partial charge in [-0.25, -0.2) is 4.79 Å². The Bertz CT molecular complexity index is 542. The molecule has 1 spiro atoms. The van der Waals surface area contributed by atoms with Gasteiger partial charge in [-0.3, -0.25) is 4.90 Å². The van der Waals surface area contributed by atoms with Gasteiger partial charge in [0.25, 0.3) is 0 Å². The minimum Gasteiger partial charge on any atom is -0.450 e. The van der Waals surface area contributed by atoms with Crippen molar-refractivity contribution in [3.05, 3.63) is 35.9 Å². The zero-order valence-electron chi connectivity index (χ0n) is 14.6. The van der Waals surface area contributed by atoms with Gasteiger partial charge in [-0.05, 0) is 18.9 Å². The molecular formula is C19H27NO4. The van der Waals surface area contributed by atoms with Gasteiger partial charge in [-0.1, -0.05) is 43.7 Å². The maximum absolute atomic E-state index is 12.7. The van der Waals surface area contributed by atoms with E-state index in [9.17, 15) is 4.79 Å². The van der Waals surface area contributed by atoms with E-state index in [-0.39, 0.29) is 18.2 Å². The largest absolute Gasteiger partial charge is 0.450 e.